The Morgan fingerprint density at radius 2 is 2.40 bits per heavy atom. The number of pyridine rings is 1. The molecule has 1 aromatic heterocycles. The average Bonchev–Trinajstić information content (AvgIpc) is 2.18. The van der Waals surface area contributed by atoms with Gasteiger partial charge in [0.1, 0.15) is 0 Å². The lowest BCUT2D eigenvalue weighted by molar-refractivity contribution is 0.0161. The van der Waals surface area contributed by atoms with Crippen LogP contribution in [0.25, 0.3) is 0 Å². The number of aromatic nitrogens is 1. The molecule has 2 N–H and O–H groups in total. The van der Waals surface area contributed by atoms with Gasteiger partial charge >= 0.3 is 0 Å². The van der Waals surface area contributed by atoms with Crippen molar-refractivity contribution in [3.63, 3.8) is 0 Å². The Bertz CT molecular complexity index is 332. The molecule has 1 atom stereocenters. The van der Waals surface area contributed by atoms with Gasteiger partial charge in [-0.1, -0.05) is 6.07 Å². The Balaban J connectivity index is 2.06. The van der Waals surface area contributed by atoms with E-state index in [1.165, 1.54) is 0 Å². The average molecular weight is 206 g/mol. The molecule has 2 heterocycles. The molecular weight excluding hydrogens is 188 g/mol. The zero-order chi connectivity index (χ0) is 10.7. The second kappa shape index (κ2) is 4.29. The quantitative estimate of drug-likeness (QED) is 0.760. The number of rotatable bonds is 2. The van der Waals surface area contributed by atoms with Gasteiger partial charge in [-0.15, -0.1) is 0 Å². The first-order valence-electron chi connectivity index (χ1n) is 5.54. The van der Waals surface area contributed by atoms with Gasteiger partial charge < -0.3 is 10.4 Å². The van der Waals surface area contributed by atoms with Gasteiger partial charge in [0, 0.05) is 24.4 Å². The van der Waals surface area contributed by atoms with E-state index >= 15 is 0 Å². The van der Waals surface area contributed by atoms with Crippen LogP contribution in [0.5, 0.6) is 0 Å². The van der Waals surface area contributed by atoms with E-state index in [1.54, 1.807) is 0 Å². The molecule has 1 aromatic rings. The van der Waals surface area contributed by atoms with Crippen LogP contribution in [0.1, 0.15) is 24.2 Å². The van der Waals surface area contributed by atoms with Crippen molar-refractivity contribution in [2.24, 2.45) is 0 Å². The molecule has 0 radical (unpaired) electrons. The van der Waals surface area contributed by atoms with Crippen LogP contribution in [0.4, 0.5) is 0 Å². The molecule has 1 fully saturated rings. The third-order valence-electron chi connectivity index (χ3n) is 2.91. The summed E-state index contributed by atoms with van der Waals surface area (Å²) in [5.41, 5.74) is 1.40. The van der Waals surface area contributed by atoms with Crippen molar-refractivity contribution in [2.75, 3.05) is 13.1 Å². The van der Waals surface area contributed by atoms with Gasteiger partial charge in [-0.3, -0.25) is 4.98 Å². The standard InChI is InChI=1S/C12H18N2O/c1-10-4-2-5-11(14-10)8-12(15)6-3-7-13-9-12/h2,4-5,13,15H,3,6-9H2,1H3. The number of β-amino-alcohol motifs (C(OH)–C–C–N with tert-alkyl or cyclic N) is 1. The van der Waals surface area contributed by atoms with Gasteiger partial charge in [0.2, 0.25) is 0 Å². The van der Waals surface area contributed by atoms with Crippen molar-refractivity contribution in [1.82, 2.24) is 10.3 Å². The summed E-state index contributed by atoms with van der Waals surface area (Å²) < 4.78 is 0. The highest BCUT2D eigenvalue weighted by Gasteiger charge is 2.29. The lowest BCUT2D eigenvalue weighted by Gasteiger charge is -2.32. The molecule has 0 bridgehead atoms. The van der Waals surface area contributed by atoms with Crippen LogP contribution in [-0.4, -0.2) is 28.8 Å². The lowest BCUT2D eigenvalue weighted by Crippen LogP contribution is -2.47. The second-order valence-electron chi connectivity index (χ2n) is 4.45. The molecule has 82 valence electrons. The monoisotopic (exact) mass is 206 g/mol. The van der Waals surface area contributed by atoms with E-state index in [-0.39, 0.29) is 0 Å². The molecule has 0 saturated carbocycles. The predicted molar refractivity (Wildman–Crippen MR) is 59.7 cm³/mol. The third kappa shape index (κ3) is 2.76. The summed E-state index contributed by atoms with van der Waals surface area (Å²) in [7, 11) is 0. The number of aliphatic hydroxyl groups is 1. The van der Waals surface area contributed by atoms with Crippen LogP contribution in [-0.2, 0) is 6.42 Å². The summed E-state index contributed by atoms with van der Waals surface area (Å²) in [5, 5.41) is 13.5. The zero-order valence-corrected chi connectivity index (χ0v) is 9.16. The van der Waals surface area contributed by atoms with E-state index in [0.29, 0.717) is 13.0 Å². The summed E-state index contributed by atoms with van der Waals surface area (Å²) >= 11 is 0. The first-order valence-corrected chi connectivity index (χ1v) is 5.54. The summed E-state index contributed by atoms with van der Waals surface area (Å²) in [4.78, 5) is 4.42. The van der Waals surface area contributed by atoms with Crippen molar-refractivity contribution in [3.8, 4) is 0 Å². The highest BCUT2D eigenvalue weighted by atomic mass is 16.3. The fourth-order valence-corrected chi connectivity index (χ4v) is 2.14. The minimum Gasteiger partial charge on any atom is -0.388 e. The number of hydrogen-bond acceptors (Lipinski definition) is 3. The van der Waals surface area contributed by atoms with Crippen molar-refractivity contribution in [1.29, 1.82) is 0 Å². The molecule has 1 aliphatic rings. The molecular formula is C12H18N2O. The van der Waals surface area contributed by atoms with Crippen molar-refractivity contribution >= 4 is 0 Å². The van der Waals surface area contributed by atoms with Gasteiger partial charge in [-0.05, 0) is 38.4 Å². The minimum absolute atomic E-state index is 0.598. The number of nitrogens with one attached hydrogen (secondary N) is 1. The maximum Gasteiger partial charge on any atom is 0.0827 e. The van der Waals surface area contributed by atoms with Gasteiger partial charge in [0.05, 0.1) is 5.60 Å². The van der Waals surface area contributed by atoms with E-state index in [2.05, 4.69) is 10.3 Å². The minimum atomic E-state index is -0.598. The number of nitrogens with zero attached hydrogens (tertiary/aromatic N) is 1. The Labute approximate surface area is 90.5 Å². The van der Waals surface area contributed by atoms with E-state index in [1.807, 2.05) is 25.1 Å². The van der Waals surface area contributed by atoms with E-state index < -0.39 is 5.60 Å². The topological polar surface area (TPSA) is 45.1 Å². The predicted octanol–water partition coefficient (Wildman–Crippen LogP) is 1.05. The van der Waals surface area contributed by atoms with Crippen LogP contribution < -0.4 is 5.32 Å². The van der Waals surface area contributed by atoms with E-state index in [9.17, 15) is 5.11 Å². The SMILES string of the molecule is Cc1cccc(CC2(O)CCCNC2)n1. The summed E-state index contributed by atoms with van der Waals surface area (Å²) in [6.07, 6.45) is 2.57. The smallest absolute Gasteiger partial charge is 0.0827 e. The first-order chi connectivity index (χ1) is 7.18. The highest BCUT2D eigenvalue weighted by molar-refractivity contribution is 5.12. The van der Waals surface area contributed by atoms with Gasteiger partial charge in [0.15, 0.2) is 0 Å². The Morgan fingerprint density at radius 1 is 1.53 bits per heavy atom. The van der Waals surface area contributed by atoms with Gasteiger partial charge in [-0.25, -0.2) is 0 Å². The molecule has 0 spiro atoms. The molecule has 2 rings (SSSR count). The fourth-order valence-electron chi connectivity index (χ4n) is 2.14. The molecule has 1 aliphatic heterocycles. The Morgan fingerprint density at radius 3 is 3.07 bits per heavy atom. The first kappa shape index (κ1) is 10.6. The third-order valence-corrected chi connectivity index (χ3v) is 2.91. The molecule has 0 amide bonds. The van der Waals surface area contributed by atoms with Gasteiger partial charge in [-0.2, -0.15) is 0 Å². The molecule has 3 nitrogen and oxygen atoms in total. The zero-order valence-electron chi connectivity index (χ0n) is 9.16. The highest BCUT2D eigenvalue weighted by Crippen LogP contribution is 2.20. The second-order valence-corrected chi connectivity index (χ2v) is 4.45. The molecule has 1 unspecified atom stereocenters. The molecule has 0 aromatic carbocycles. The van der Waals surface area contributed by atoms with Crippen LogP contribution in [0.2, 0.25) is 0 Å². The molecule has 1 saturated heterocycles. The van der Waals surface area contributed by atoms with Gasteiger partial charge in [0.25, 0.3) is 0 Å². The molecule has 0 aliphatic carbocycles. The van der Waals surface area contributed by atoms with Crippen LogP contribution >= 0.6 is 0 Å². The summed E-state index contributed by atoms with van der Waals surface area (Å²) in [6, 6.07) is 5.96. The fraction of sp³-hybridized carbons (Fsp3) is 0.583. The molecule has 3 heteroatoms. The van der Waals surface area contributed by atoms with Crippen LogP contribution in [0.3, 0.4) is 0 Å². The maximum absolute atomic E-state index is 10.3. The van der Waals surface area contributed by atoms with Crippen molar-refractivity contribution < 1.29 is 5.11 Å². The van der Waals surface area contributed by atoms with Crippen molar-refractivity contribution in [3.05, 3.63) is 29.6 Å². The maximum atomic E-state index is 10.3. The number of piperidine rings is 1. The Hall–Kier alpha value is -0.930. The van der Waals surface area contributed by atoms with Crippen LogP contribution in [0.15, 0.2) is 18.2 Å². The lowest BCUT2D eigenvalue weighted by atomic mass is 9.89. The number of aryl methyl sites for hydroxylation is 1. The van der Waals surface area contributed by atoms with Crippen LogP contribution in [0, 0.1) is 6.92 Å². The summed E-state index contributed by atoms with van der Waals surface area (Å²) in [5.74, 6) is 0. The largest absolute Gasteiger partial charge is 0.388 e. The van der Waals surface area contributed by atoms with E-state index in [0.717, 1.165) is 30.8 Å². The Kier molecular flexibility index (Phi) is 3.03. The molecule has 15 heavy (non-hydrogen) atoms. The normalized spacial score (nSPS) is 26.5. The van der Waals surface area contributed by atoms with Crippen molar-refractivity contribution in [2.45, 2.75) is 31.8 Å². The summed E-state index contributed by atoms with van der Waals surface area (Å²) in [6.45, 7) is 3.68. The number of hydrogen-bond donors (Lipinski definition) is 2. The van der Waals surface area contributed by atoms with E-state index in [4.69, 9.17) is 0 Å².